The van der Waals surface area contributed by atoms with Gasteiger partial charge >= 0.3 is 5.97 Å². The molecule has 2 rings (SSSR count). The molecule has 0 saturated heterocycles. The van der Waals surface area contributed by atoms with Crippen molar-refractivity contribution in [1.82, 2.24) is 15.1 Å². The molecule has 6 nitrogen and oxygen atoms in total. The van der Waals surface area contributed by atoms with Crippen LogP contribution in [0.25, 0.3) is 0 Å². The van der Waals surface area contributed by atoms with E-state index in [0.29, 0.717) is 12.1 Å². The second-order valence-electron chi connectivity index (χ2n) is 4.01. The van der Waals surface area contributed by atoms with Crippen LogP contribution < -0.4 is 5.32 Å². The first kappa shape index (κ1) is 12.8. The predicted octanol–water partition coefficient (Wildman–Crippen LogP) is 1.05. The summed E-state index contributed by atoms with van der Waals surface area (Å²) in [6.07, 6.45) is 1.65. The van der Waals surface area contributed by atoms with E-state index in [0.717, 1.165) is 5.69 Å². The number of carbonyl (C=O) groups excluding carboxylic acids is 1. The number of amides is 1. The number of rotatable bonds is 4. The van der Waals surface area contributed by atoms with Crippen molar-refractivity contribution in [2.45, 2.75) is 6.54 Å². The highest BCUT2D eigenvalue weighted by Crippen LogP contribution is 2.06. The van der Waals surface area contributed by atoms with E-state index in [4.69, 9.17) is 5.11 Å². The Kier molecular flexibility index (Phi) is 3.61. The Morgan fingerprint density at radius 3 is 2.68 bits per heavy atom. The number of benzene rings is 1. The summed E-state index contributed by atoms with van der Waals surface area (Å²) in [4.78, 5) is 22.7. The standard InChI is InChI=1S/C13H13N3O3/c1-16-11(5-6-15-16)8-14-12(17)9-3-2-4-10(7-9)13(18)19/h2-7H,8H2,1H3,(H,14,17)(H,18,19). The second kappa shape index (κ2) is 5.34. The van der Waals surface area contributed by atoms with Gasteiger partial charge in [-0.05, 0) is 24.3 Å². The van der Waals surface area contributed by atoms with Crippen LogP contribution in [0.5, 0.6) is 0 Å². The zero-order chi connectivity index (χ0) is 13.8. The summed E-state index contributed by atoms with van der Waals surface area (Å²) in [6, 6.07) is 7.71. The topological polar surface area (TPSA) is 84.2 Å². The van der Waals surface area contributed by atoms with Crippen molar-refractivity contribution in [3.05, 3.63) is 53.3 Å². The number of aryl methyl sites for hydroxylation is 1. The normalized spacial score (nSPS) is 10.2. The summed E-state index contributed by atoms with van der Waals surface area (Å²) >= 11 is 0. The summed E-state index contributed by atoms with van der Waals surface area (Å²) in [5.74, 6) is -1.37. The highest BCUT2D eigenvalue weighted by Gasteiger charge is 2.09. The first-order valence-electron chi connectivity index (χ1n) is 5.66. The lowest BCUT2D eigenvalue weighted by Gasteiger charge is -2.06. The van der Waals surface area contributed by atoms with E-state index < -0.39 is 5.97 Å². The van der Waals surface area contributed by atoms with Gasteiger partial charge in [-0.15, -0.1) is 0 Å². The molecule has 0 fully saturated rings. The molecule has 1 aromatic carbocycles. The Morgan fingerprint density at radius 2 is 2.05 bits per heavy atom. The molecule has 1 heterocycles. The average molecular weight is 259 g/mol. The SMILES string of the molecule is Cn1nccc1CNC(=O)c1cccc(C(=O)O)c1. The van der Waals surface area contributed by atoms with Gasteiger partial charge in [0.15, 0.2) is 0 Å². The Hall–Kier alpha value is -2.63. The highest BCUT2D eigenvalue weighted by molar-refractivity contribution is 5.97. The summed E-state index contributed by atoms with van der Waals surface area (Å²) < 4.78 is 1.66. The lowest BCUT2D eigenvalue weighted by atomic mass is 10.1. The Morgan fingerprint density at radius 1 is 1.32 bits per heavy atom. The van der Waals surface area contributed by atoms with Gasteiger partial charge in [0.2, 0.25) is 0 Å². The monoisotopic (exact) mass is 259 g/mol. The summed E-state index contributed by atoms with van der Waals surface area (Å²) in [7, 11) is 1.78. The van der Waals surface area contributed by atoms with Gasteiger partial charge in [0.05, 0.1) is 17.8 Å². The quantitative estimate of drug-likeness (QED) is 0.859. The fourth-order valence-corrected chi connectivity index (χ4v) is 1.64. The number of carboxylic acid groups (broad SMARTS) is 1. The van der Waals surface area contributed by atoms with Crippen molar-refractivity contribution < 1.29 is 14.7 Å². The molecule has 2 N–H and O–H groups in total. The molecular formula is C13H13N3O3. The largest absolute Gasteiger partial charge is 0.478 e. The molecule has 0 spiro atoms. The maximum absolute atomic E-state index is 11.9. The van der Waals surface area contributed by atoms with Crippen LogP contribution in [0.2, 0.25) is 0 Å². The smallest absolute Gasteiger partial charge is 0.335 e. The fraction of sp³-hybridized carbons (Fsp3) is 0.154. The van der Waals surface area contributed by atoms with E-state index in [9.17, 15) is 9.59 Å². The first-order chi connectivity index (χ1) is 9.08. The minimum absolute atomic E-state index is 0.0909. The third kappa shape index (κ3) is 2.98. The summed E-state index contributed by atoms with van der Waals surface area (Å²) in [6.45, 7) is 0.340. The van der Waals surface area contributed by atoms with Gasteiger partial charge in [0.25, 0.3) is 5.91 Å². The van der Waals surface area contributed by atoms with E-state index in [2.05, 4.69) is 10.4 Å². The third-order valence-corrected chi connectivity index (χ3v) is 2.72. The first-order valence-corrected chi connectivity index (χ1v) is 5.66. The number of carboxylic acids is 1. The van der Waals surface area contributed by atoms with Crippen molar-refractivity contribution in [3.63, 3.8) is 0 Å². The number of aromatic carboxylic acids is 1. The van der Waals surface area contributed by atoms with Gasteiger partial charge < -0.3 is 10.4 Å². The lowest BCUT2D eigenvalue weighted by molar-refractivity contribution is 0.0697. The molecule has 0 bridgehead atoms. The lowest BCUT2D eigenvalue weighted by Crippen LogP contribution is -2.24. The number of hydrogen-bond donors (Lipinski definition) is 2. The predicted molar refractivity (Wildman–Crippen MR) is 67.8 cm³/mol. The molecule has 0 aliphatic rings. The molecule has 1 amide bonds. The van der Waals surface area contributed by atoms with Crippen LogP contribution in [0, 0.1) is 0 Å². The van der Waals surface area contributed by atoms with E-state index >= 15 is 0 Å². The fourth-order valence-electron chi connectivity index (χ4n) is 1.64. The zero-order valence-corrected chi connectivity index (χ0v) is 10.3. The van der Waals surface area contributed by atoms with E-state index in [-0.39, 0.29) is 11.5 Å². The Labute approximate surface area is 109 Å². The van der Waals surface area contributed by atoms with Crippen molar-refractivity contribution in [2.75, 3.05) is 0 Å². The second-order valence-corrected chi connectivity index (χ2v) is 4.01. The molecule has 0 saturated carbocycles. The van der Waals surface area contributed by atoms with Gasteiger partial charge in [-0.2, -0.15) is 5.10 Å². The van der Waals surface area contributed by atoms with Crippen LogP contribution in [0.15, 0.2) is 36.5 Å². The van der Waals surface area contributed by atoms with Crippen LogP contribution in [0.1, 0.15) is 26.4 Å². The summed E-state index contributed by atoms with van der Waals surface area (Å²) in [5.41, 5.74) is 1.28. The van der Waals surface area contributed by atoms with Gasteiger partial charge in [0.1, 0.15) is 0 Å². The molecule has 0 atom stereocenters. The minimum Gasteiger partial charge on any atom is -0.478 e. The van der Waals surface area contributed by atoms with E-state index in [1.165, 1.54) is 12.1 Å². The number of hydrogen-bond acceptors (Lipinski definition) is 3. The Balaban J connectivity index is 2.06. The highest BCUT2D eigenvalue weighted by atomic mass is 16.4. The average Bonchev–Trinajstić information content (AvgIpc) is 2.81. The molecule has 1 aromatic heterocycles. The minimum atomic E-state index is -1.05. The summed E-state index contributed by atoms with van der Waals surface area (Å²) in [5, 5.41) is 15.6. The van der Waals surface area contributed by atoms with Gasteiger partial charge in [-0.3, -0.25) is 9.48 Å². The third-order valence-electron chi connectivity index (χ3n) is 2.72. The molecule has 2 aromatic rings. The maximum Gasteiger partial charge on any atom is 0.335 e. The van der Waals surface area contributed by atoms with Crippen LogP contribution in [-0.2, 0) is 13.6 Å². The molecule has 0 unspecified atom stereocenters. The zero-order valence-electron chi connectivity index (χ0n) is 10.3. The van der Waals surface area contributed by atoms with E-state index in [1.807, 2.05) is 0 Å². The molecule has 6 heteroatoms. The van der Waals surface area contributed by atoms with Crippen LogP contribution in [-0.4, -0.2) is 26.8 Å². The van der Waals surface area contributed by atoms with Gasteiger partial charge in [-0.25, -0.2) is 4.79 Å². The van der Waals surface area contributed by atoms with E-state index in [1.54, 1.807) is 36.1 Å². The Bertz CT molecular complexity index is 619. The van der Waals surface area contributed by atoms with Crippen LogP contribution in [0.3, 0.4) is 0 Å². The van der Waals surface area contributed by atoms with Crippen molar-refractivity contribution >= 4 is 11.9 Å². The van der Waals surface area contributed by atoms with Gasteiger partial charge in [0, 0.05) is 18.8 Å². The number of nitrogens with zero attached hydrogens (tertiary/aromatic N) is 2. The molecule has 0 radical (unpaired) electrons. The van der Waals surface area contributed by atoms with Crippen molar-refractivity contribution in [2.24, 2.45) is 7.05 Å². The van der Waals surface area contributed by atoms with Crippen molar-refractivity contribution in [1.29, 1.82) is 0 Å². The van der Waals surface area contributed by atoms with Gasteiger partial charge in [-0.1, -0.05) is 6.07 Å². The molecule has 19 heavy (non-hydrogen) atoms. The maximum atomic E-state index is 11.9. The number of nitrogens with one attached hydrogen (secondary N) is 1. The molecular weight excluding hydrogens is 246 g/mol. The van der Waals surface area contributed by atoms with Crippen LogP contribution >= 0.6 is 0 Å². The number of aromatic nitrogens is 2. The molecule has 0 aliphatic carbocycles. The van der Waals surface area contributed by atoms with Crippen LogP contribution in [0.4, 0.5) is 0 Å². The molecule has 0 aliphatic heterocycles. The molecule has 98 valence electrons. The number of carbonyl (C=O) groups is 2. The van der Waals surface area contributed by atoms with Crippen molar-refractivity contribution in [3.8, 4) is 0 Å².